The Labute approximate surface area is 373 Å². The second kappa shape index (κ2) is 16.7. The van der Waals surface area contributed by atoms with Gasteiger partial charge in [-0.05, 0) is 103 Å². The molecule has 3 aliphatic heterocycles. The maximum Gasteiger partial charge on any atom is 0.355 e. The van der Waals surface area contributed by atoms with Gasteiger partial charge in [-0.3, -0.25) is 14.4 Å². The Morgan fingerprint density at radius 1 is 0.908 bits per heavy atom. The van der Waals surface area contributed by atoms with Gasteiger partial charge < -0.3 is 39.4 Å². The summed E-state index contributed by atoms with van der Waals surface area (Å²) in [7, 11) is 0. The third-order valence-electron chi connectivity index (χ3n) is 13.3. The molecule has 4 N–H and O–H groups in total. The molecule has 0 bridgehead atoms. The van der Waals surface area contributed by atoms with Gasteiger partial charge in [-0.25, -0.2) is 14.3 Å². The summed E-state index contributed by atoms with van der Waals surface area (Å²) in [6, 6.07) is 16.8. The van der Waals surface area contributed by atoms with Gasteiger partial charge >= 0.3 is 17.9 Å². The van der Waals surface area contributed by atoms with Crippen LogP contribution in [0.5, 0.6) is 23.3 Å². The number of piperidine rings is 1. The molecule has 336 valence electrons. The number of aryl methyl sites for hydroxylation is 1. The summed E-state index contributed by atoms with van der Waals surface area (Å²) >= 11 is 0. The number of benzene rings is 3. The number of cyclic esters (lactones) is 1. The van der Waals surface area contributed by atoms with Crippen molar-refractivity contribution in [2.24, 2.45) is 5.92 Å². The molecule has 6 aromatic rings. The van der Waals surface area contributed by atoms with E-state index in [1.807, 2.05) is 45.0 Å². The van der Waals surface area contributed by atoms with E-state index in [9.17, 15) is 39.6 Å². The molecule has 3 aromatic carbocycles. The highest BCUT2D eigenvalue weighted by molar-refractivity contribution is 5.91. The lowest BCUT2D eigenvalue weighted by molar-refractivity contribution is -0.189. The van der Waals surface area contributed by atoms with Gasteiger partial charge in [0.25, 0.3) is 5.56 Å². The second-order valence-corrected chi connectivity index (χ2v) is 17.5. The molecule has 0 spiro atoms. The molecule has 3 aromatic heterocycles. The molecule has 16 nitrogen and oxygen atoms in total. The van der Waals surface area contributed by atoms with Crippen molar-refractivity contribution in [3.05, 3.63) is 104 Å². The van der Waals surface area contributed by atoms with Crippen LogP contribution in [0.25, 0.3) is 39.4 Å². The fourth-order valence-corrected chi connectivity index (χ4v) is 9.75. The lowest BCUT2D eigenvalue weighted by Gasteiger charge is -2.36. The number of ether oxygens (including phenoxy) is 2. The minimum atomic E-state index is -1.89. The summed E-state index contributed by atoms with van der Waals surface area (Å²) in [5.74, 6) is -1.35. The largest absolute Gasteiger partial charge is 0.508 e. The van der Waals surface area contributed by atoms with Gasteiger partial charge in [0.05, 0.1) is 46.7 Å². The molecule has 1 atom stereocenters. The molecule has 1 unspecified atom stereocenters. The Kier molecular flexibility index (Phi) is 11.1. The third-order valence-corrected chi connectivity index (χ3v) is 13.3. The van der Waals surface area contributed by atoms with Crippen molar-refractivity contribution in [3.63, 3.8) is 0 Å². The number of aromatic hydroxyl groups is 4. The minimum Gasteiger partial charge on any atom is -0.508 e. The number of rotatable bonds is 11. The Balaban J connectivity index is 0.835. The Hall–Kier alpha value is -7.23. The first-order chi connectivity index (χ1) is 31.2. The van der Waals surface area contributed by atoms with Crippen LogP contribution in [-0.2, 0) is 55.5 Å². The number of hydrogen-bond donors (Lipinski definition) is 4. The van der Waals surface area contributed by atoms with Crippen molar-refractivity contribution >= 4 is 28.7 Å². The Morgan fingerprint density at radius 3 is 2.37 bits per heavy atom. The summed E-state index contributed by atoms with van der Waals surface area (Å²) in [4.78, 5) is 61.3. The fraction of sp³-hybridized carbons (Fsp3) is 0.367. The van der Waals surface area contributed by atoms with Gasteiger partial charge in [0.2, 0.25) is 11.5 Å². The first kappa shape index (κ1) is 43.0. The smallest absolute Gasteiger partial charge is 0.355 e. The van der Waals surface area contributed by atoms with Crippen LogP contribution in [0.1, 0.15) is 99.1 Å². The first-order valence-corrected chi connectivity index (χ1v) is 22.1. The van der Waals surface area contributed by atoms with E-state index in [0.29, 0.717) is 59.1 Å². The van der Waals surface area contributed by atoms with E-state index in [1.165, 1.54) is 10.6 Å². The number of fused-ring (bicyclic) bond motifs is 5. The van der Waals surface area contributed by atoms with Crippen LogP contribution in [0.2, 0.25) is 0 Å². The lowest BCUT2D eigenvalue weighted by Crippen LogP contribution is -2.47. The van der Waals surface area contributed by atoms with E-state index in [4.69, 9.17) is 14.5 Å². The molecule has 9 rings (SSSR count). The predicted octanol–water partition coefficient (Wildman–Crippen LogP) is 6.65. The molecular formula is C49H50N6O10. The number of carbonyl (C=O) groups is 3. The van der Waals surface area contributed by atoms with E-state index in [-0.39, 0.29) is 90.0 Å². The molecule has 0 radical (unpaired) electrons. The molecule has 65 heavy (non-hydrogen) atoms. The van der Waals surface area contributed by atoms with E-state index in [1.54, 1.807) is 46.7 Å². The maximum atomic E-state index is 14.1. The zero-order chi connectivity index (χ0) is 45.9. The highest BCUT2D eigenvalue weighted by Gasteiger charge is 2.50. The van der Waals surface area contributed by atoms with Gasteiger partial charge in [0.1, 0.15) is 23.9 Å². The average Bonchev–Trinajstić information content (AvgIpc) is 3.86. The SMILES string of the molecule is CCc1c2c(nc3ccc(O)cc13)-c1cc3c(c(=O)n1C2)COC(=O)C3(CC)OC(=O)CCC(=O)N1CCC(Cc2ccc(-n3c(O)nnc3-c3cc(C(C)C)c(O)cc3O)cc2)CC1. The number of esters is 2. The number of aromatic nitrogens is 5. The van der Waals surface area contributed by atoms with Crippen LogP contribution in [0.15, 0.2) is 65.5 Å². The summed E-state index contributed by atoms with van der Waals surface area (Å²) < 4.78 is 14.5. The van der Waals surface area contributed by atoms with Crippen LogP contribution >= 0.6 is 0 Å². The summed E-state index contributed by atoms with van der Waals surface area (Å²) in [6.45, 7) is 8.55. The van der Waals surface area contributed by atoms with Crippen molar-refractivity contribution in [2.75, 3.05) is 13.1 Å². The zero-order valence-electron chi connectivity index (χ0n) is 36.6. The second-order valence-electron chi connectivity index (χ2n) is 17.5. The summed E-state index contributed by atoms with van der Waals surface area (Å²) in [6.07, 6.45) is 2.53. The maximum absolute atomic E-state index is 14.1. The average molecular weight is 883 g/mol. The third kappa shape index (κ3) is 7.49. The van der Waals surface area contributed by atoms with Crippen LogP contribution in [0.3, 0.4) is 0 Å². The molecule has 0 aliphatic carbocycles. The standard InChI is InChI=1S/C49H50N6O10/c1-5-31-33-20-30(56)11-12-38(33)50-44-35(31)24-54-39(44)22-37-36(46(54)61)25-64-47(62)49(37,6-2)65-43(60)14-13-42(59)53-17-15-28(16-18-53)19-27-7-9-29(10-8-27)55-45(51-52-48(55)63)34-21-32(26(3)4)40(57)23-41(34)58/h7-12,20-23,26,28,56-58H,5-6,13-19,24-25H2,1-4H3,(H,52,63). The quantitative estimate of drug-likeness (QED) is 0.100. The predicted molar refractivity (Wildman–Crippen MR) is 238 cm³/mol. The van der Waals surface area contributed by atoms with Gasteiger partial charge in [-0.15, -0.1) is 5.10 Å². The van der Waals surface area contributed by atoms with Crippen LogP contribution in [0, 0.1) is 5.92 Å². The van der Waals surface area contributed by atoms with E-state index < -0.39 is 17.5 Å². The van der Waals surface area contributed by atoms with Crippen LogP contribution in [-0.4, -0.2) is 80.6 Å². The monoisotopic (exact) mass is 882 g/mol. The normalized spacial score (nSPS) is 16.9. The number of hydrogen-bond acceptors (Lipinski definition) is 13. The number of likely N-dealkylation sites (tertiary alicyclic amines) is 1. The molecule has 16 heteroatoms. The van der Waals surface area contributed by atoms with Crippen molar-refractivity contribution in [1.82, 2.24) is 29.2 Å². The summed E-state index contributed by atoms with van der Waals surface area (Å²) in [5, 5.41) is 50.6. The molecule has 3 aliphatic rings. The van der Waals surface area contributed by atoms with Crippen molar-refractivity contribution in [3.8, 4) is 51.7 Å². The highest BCUT2D eigenvalue weighted by atomic mass is 16.6. The van der Waals surface area contributed by atoms with E-state index in [0.717, 1.165) is 41.3 Å². The number of carbonyl (C=O) groups excluding carboxylic acids is 3. The molecule has 1 fully saturated rings. The van der Waals surface area contributed by atoms with Gasteiger partial charge in [-0.2, -0.15) is 0 Å². The zero-order valence-corrected chi connectivity index (χ0v) is 36.6. The fourth-order valence-electron chi connectivity index (χ4n) is 9.75. The number of phenolic OH excluding ortho intramolecular Hbond substituents is 3. The van der Waals surface area contributed by atoms with Crippen molar-refractivity contribution < 1.29 is 44.3 Å². The molecular weight excluding hydrogens is 833 g/mol. The van der Waals surface area contributed by atoms with Gasteiger partial charge in [0.15, 0.2) is 5.82 Å². The van der Waals surface area contributed by atoms with Crippen LogP contribution in [0.4, 0.5) is 0 Å². The summed E-state index contributed by atoms with van der Waals surface area (Å²) in [5.41, 5.74) is 4.38. The Morgan fingerprint density at radius 2 is 1.66 bits per heavy atom. The van der Waals surface area contributed by atoms with Crippen LogP contribution < -0.4 is 5.56 Å². The van der Waals surface area contributed by atoms with Gasteiger partial charge in [-0.1, -0.05) is 44.9 Å². The molecule has 0 saturated carbocycles. The molecule has 1 saturated heterocycles. The molecule has 6 heterocycles. The number of amides is 1. The number of phenols is 3. The van der Waals surface area contributed by atoms with Gasteiger partial charge in [0, 0.05) is 42.1 Å². The minimum absolute atomic E-state index is 0.00296. The Bertz CT molecular complexity index is 2970. The van der Waals surface area contributed by atoms with Crippen molar-refractivity contribution in [1.29, 1.82) is 0 Å². The topological polar surface area (TPSA) is 219 Å². The molecule has 1 amide bonds. The first-order valence-electron chi connectivity index (χ1n) is 22.1. The number of pyridine rings is 2. The van der Waals surface area contributed by atoms with Crippen molar-refractivity contribution in [2.45, 2.75) is 97.3 Å². The lowest BCUT2D eigenvalue weighted by atomic mass is 9.85. The van der Waals surface area contributed by atoms with E-state index >= 15 is 0 Å². The number of nitrogens with zero attached hydrogens (tertiary/aromatic N) is 6. The highest BCUT2D eigenvalue weighted by Crippen LogP contribution is 2.43. The van der Waals surface area contributed by atoms with E-state index in [2.05, 4.69) is 10.2 Å².